The minimum absolute atomic E-state index is 0.0777. The molecule has 1 fully saturated rings. The van der Waals surface area contributed by atoms with Crippen molar-refractivity contribution in [1.82, 2.24) is 9.55 Å². The normalized spacial score (nSPS) is 17.4. The Morgan fingerprint density at radius 2 is 1.80 bits per heavy atom. The standard InChI is InChI=1S/C28H29BF3N3O4S/c1-16(18-8-6-7-9-19(18)28(30,31)32)14-37-22-13-23(40-24(22)25(33)36)35-15-34-20-12-17(10-11-21(20)35)29-38-26(2,3)27(4,5)39-29/h6-13,15-16H,14H2,1-5H3,(H2,33,36). The van der Waals surface area contributed by atoms with Gasteiger partial charge in [-0.25, -0.2) is 4.98 Å². The van der Waals surface area contributed by atoms with Crippen molar-refractivity contribution in [3.8, 4) is 10.8 Å². The van der Waals surface area contributed by atoms with Gasteiger partial charge in [0.05, 0.1) is 34.4 Å². The third-order valence-electron chi connectivity index (χ3n) is 7.53. The van der Waals surface area contributed by atoms with E-state index >= 15 is 0 Å². The summed E-state index contributed by atoms with van der Waals surface area (Å²) in [5.74, 6) is -1.08. The Hall–Kier alpha value is -3.35. The largest absolute Gasteiger partial charge is 0.494 e. The fourth-order valence-corrected chi connectivity index (χ4v) is 5.52. The summed E-state index contributed by atoms with van der Waals surface area (Å²) < 4.78 is 60.4. The van der Waals surface area contributed by atoms with Crippen LogP contribution in [0.1, 0.15) is 61.3 Å². The molecule has 0 aliphatic carbocycles. The number of ether oxygens (including phenoxy) is 1. The minimum atomic E-state index is -4.48. The van der Waals surface area contributed by atoms with Crippen LogP contribution in [0.3, 0.4) is 0 Å². The summed E-state index contributed by atoms with van der Waals surface area (Å²) in [6.07, 6.45) is -2.86. The number of carbonyl (C=O) groups excluding carboxylic acids is 1. The van der Waals surface area contributed by atoms with Crippen LogP contribution in [0.2, 0.25) is 0 Å². The highest BCUT2D eigenvalue weighted by Gasteiger charge is 2.51. The van der Waals surface area contributed by atoms with Crippen molar-refractivity contribution < 1.29 is 32.0 Å². The number of nitrogens with zero attached hydrogens (tertiary/aromatic N) is 2. The summed E-state index contributed by atoms with van der Waals surface area (Å²) in [6, 6.07) is 12.7. The van der Waals surface area contributed by atoms with Crippen LogP contribution >= 0.6 is 11.3 Å². The molecule has 5 rings (SSSR count). The molecule has 2 aromatic heterocycles. The molecule has 210 valence electrons. The Kier molecular flexibility index (Phi) is 7.00. The van der Waals surface area contributed by atoms with Crippen molar-refractivity contribution in [2.24, 2.45) is 5.73 Å². The van der Waals surface area contributed by atoms with Crippen molar-refractivity contribution >= 4 is 40.9 Å². The average molecular weight is 571 g/mol. The Morgan fingerprint density at radius 1 is 1.12 bits per heavy atom. The van der Waals surface area contributed by atoms with Crippen molar-refractivity contribution in [3.63, 3.8) is 0 Å². The van der Waals surface area contributed by atoms with Gasteiger partial charge in [0.2, 0.25) is 0 Å². The number of alkyl halides is 3. The molecule has 7 nitrogen and oxygen atoms in total. The van der Waals surface area contributed by atoms with Gasteiger partial charge in [0.15, 0.2) is 0 Å². The lowest BCUT2D eigenvalue weighted by molar-refractivity contribution is -0.138. The molecule has 1 unspecified atom stereocenters. The van der Waals surface area contributed by atoms with Crippen LogP contribution in [0.5, 0.6) is 5.75 Å². The number of imidazole rings is 1. The third kappa shape index (κ3) is 5.11. The maximum absolute atomic E-state index is 13.5. The summed E-state index contributed by atoms with van der Waals surface area (Å²) in [5, 5.41) is 0.623. The summed E-state index contributed by atoms with van der Waals surface area (Å²) in [5.41, 5.74) is 6.37. The van der Waals surface area contributed by atoms with E-state index in [1.165, 1.54) is 12.1 Å². The molecule has 1 saturated heterocycles. The lowest BCUT2D eigenvalue weighted by Crippen LogP contribution is -2.41. The summed E-state index contributed by atoms with van der Waals surface area (Å²) in [4.78, 5) is 16.9. The number of benzene rings is 2. The second-order valence-corrected chi connectivity index (χ2v) is 11.9. The second kappa shape index (κ2) is 9.93. The molecule has 1 aliphatic heterocycles. The Bertz CT molecular complexity index is 1560. The molecular formula is C28H29BF3N3O4S. The first-order valence-corrected chi connectivity index (χ1v) is 13.5. The van der Waals surface area contributed by atoms with Crippen LogP contribution in [-0.2, 0) is 15.5 Å². The van der Waals surface area contributed by atoms with E-state index in [2.05, 4.69) is 4.98 Å². The molecule has 0 spiro atoms. The molecule has 40 heavy (non-hydrogen) atoms. The molecule has 1 atom stereocenters. The number of fused-ring (bicyclic) bond motifs is 1. The quantitative estimate of drug-likeness (QED) is 0.288. The predicted molar refractivity (Wildman–Crippen MR) is 149 cm³/mol. The molecule has 3 heterocycles. The minimum Gasteiger partial charge on any atom is -0.491 e. The van der Waals surface area contributed by atoms with Crippen LogP contribution in [-0.4, -0.2) is 40.4 Å². The molecule has 1 amide bonds. The Balaban J connectivity index is 1.40. The maximum atomic E-state index is 13.5. The van der Waals surface area contributed by atoms with E-state index in [9.17, 15) is 18.0 Å². The van der Waals surface area contributed by atoms with E-state index in [1.807, 2.05) is 45.9 Å². The number of amides is 1. The van der Waals surface area contributed by atoms with Gasteiger partial charge in [0, 0.05) is 12.0 Å². The average Bonchev–Trinajstić information content (AvgIpc) is 3.55. The molecule has 4 aromatic rings. The van der Waals surface area contributed by atoms with Crippen LogP contribution in [0, 0.1) is 0 Å². The molecule has 2 aromatic carbocycles. The zero-order chi connectivity index (χ0) is 29.0. The van der Waals surface area contributed by atoms with Gasteiger partial charge in [-0.3, -0.25) is 9.36 Å². The number of hydrogen-bond acceptors (Lipinski definition) is 6. The fraction of sp³-hybridized carbons (Fsp3) is 0.357. The topological polar surface area (TPSA) is 88.6 Å². The monoisotopic (exact) mass is 571 g/mol. The molecule has 0 saturated carbocycles. The second-order valence-electron chi connectivity index (χ2n) is 10.9. The number of halogens is 3. The first kappa shape index (κ1) is 28.2. The molecule has 0 bridgehead atoms. The van der Waals surface area contributed by atoms with Crippen LogP contribution in [0.4, 0.5) is 13.2 Å². The number of aromatic nitrogens is 2. The Labute approximate surface area is 234 Å². The van der Waals surface area contributed by atoms with E-state index in [4.69, 9.17) is 19.8 Å². The van der Waals surface area contributed by atoms with E-state index in [0.29, 0.717) is 10.5 Å². The van der Waals surface area contributed by atoms with Gasteiger partial charge in [-0.05, 0) is 56.9 Å². The van der Waals surface area contributed by atoms with Gasteiger partial charge in [-0.1, -0.05) is 31.2 Å². The SMILES string of the molecule is CC(COc1cc(-n2cnc3cc(B4OC(C)(C)C(C)(C)O4)ccc32)sc1C(N)=O)c1ccccc1C(F)(F)F. The number of thiophene rings is 1. The van der Waals surface area contributed by atoms with E-state index in [1.54, 1.807) is 30.0 Å². The highest BCUT2D eigenvalue weighted by molar-refractivity contribution is 7.16. The Morgan fingerprint density at radius 3 is 2.45 bits per heavy atom. The fourth-order valence-electron chi connectivity index (χ4n) is 4.58. The van der Waals surface area contributed by atoms with Gasteiger partial charge < -0.3 is 19.8 Å². The van der Waals surface area contributed by atoms with Crippen molar-refractivity contribution in [2.45, 2.75) is 57.9 Å². The summed E-state index contributed by atoms with van der Waals surface area (Å²) >= 11 is 1.12. The predicted octanol–water partition coefficient (Wildman–Crippen LogP) is 5.69. The molecule has 0 radical (unpaired) electrons. The number of rotatable bonds is 7. The zero-order valence-electron chi connectivity index (χ0n) is 22.7. The van der Waals surface area contributed by atoms with E-state index in [0.717, 1.165) is 28.4 Å². The van der Waals surface area contributed by atoms with Crippen molar-refractivity contribution in [3.05, 3.63) is 70.9 Å². The summed E-state index contributed by atoms with van der Waals surface area (Å²) in [7, 11) is -0.535. The van der Waals surface area contributed by atoms with Gasteiger partial charge >= 0.3 is 13.3 Å². The molecule has 12 heteroatoms. The number of nitrogens with two attached hydrogens (primary N) is 1. The number of hydrogen-bond donors (Lipinski definition) is 1. The number of primary amides is 1. The zero-order valence-corrected chi connectivity index (χ0v) is 23.5. The lowest BCUT2D eigenvalue weighted by atomic mass is 9.79. The van der Waals surface area contributed by atoms with Gasteiger partial charge in [-0.15, -0.1) is 11.3 Å². The lowest BCUT2D eigenvalue weighted by Gasteiger charge is -2.32. The van der Waals surface area contributed by atoms with Crippen LogP contribution < -0.4 is 15.9 Å². The summed E-state index contributed by atoms with van der Waals surface area (Å²) in [6.45, 7) is 9.52. The first-order valence-electron chi connectivity index (χ1n) is 12.7. The molecular weight excluding hydrogens is 542 g/mol. The molecule has 2 N–H and O–H groups in total. The van der Waals surface area contributed by atoms with Crippen molar-refractivity contribution in [1.29, 1.82) is 0 Å². The van der Waals surface area contributed by atoms with E-state index < -0.39 is 41.9 Å². The number of carbonyl (C=O) groups is 1. The van der Waals surface area contributed by atoms with Crippen LogP contribution in [0.25, 0.3) is 16.0 Å². The third-order valence-corrected chi connectivity index (χ3v) is 8.66. The van der Waals surface area contributed by atoms with E-state index in [-0.39, 0.29) is 22.8 Å². The van der Waals surface area contributed by atoms with Gasteiger partial charge in [0.1, 0.15) is 22.0 Å². The smallest absolute Gasteiger partial charge is 0.491 e. The maximum Gasteiger partial charge on any atom is 0.494 e. The highest BCUT2D eigenvalue weighted by Crippen LogP contribution is 2.38. The van der Waals surface area contributed by atoms with Crippen LogP contribution in [0.15, 0.2) is 54.9 Å². The molecule has 1 aliphatic rings. The highest BCUT2D eigenvalue weighted by atomic mass is 32.1. The van der Waals surface area contributed by atoms with Gasteiger partial charge in [0.25, 0.3) is 5.91 Å². The first-order chi connectivity index (χ1) is 18.7. The van der Waals surface area contributed by atoms with Crippen molar-refractivity contribution in [2.75, 3.05) is 6.61 Å². The van der Waals surface area contributed by atoms with Gasteiger partial charge in [-0.2, -0.15) is 13.2 Å².